The molecule has 1 aliphatic rings. The van der Waals surface area contributed by atoms with Gasteiger partial charge in [-0.05, 0) is 42.4 Å². The predicted molar refractivity (Wildman–Crippen MR) is 78.5 cm³/mol. The maximum absolute atomic E-state index is 12.3. The Morgan fingerprint density at radius 3 is 2.50 bits per heavy atom. The second-order valence-corrected chi connectivity index (χ2v) is 6.95. The molecule has 1 aromatic rings. The van der Waals surface area contributed by atoms with E-state index >= 15 is 0 Å². The van der Waals surface area contributed by atoms with Crippen LogP contribution < -0.4 is 0 Å². The molecule has 1 aromatic carbocycles. The Balaban J connectivity index is 2.24. The molecule has 1 fully saturated rings. The van der Waals surface area contributed by atoms with Gasteiger partial charge in [-0.15, -0.1) is 0 Å². The van der Waals surface area contributed by atoms with Gasteiger partial charge in [-0.1, -0.05) is 48.8 Å². The summed E-state index contributed by atoms with van der Waals surface area (Å²) in [6.45, 7) is 6.64. The Morgan fingerprint density at radius 1 is 1.33 bits per heavy atom. The molecule has 0 radical (unpaired) electrons. The van der Waals surface area contributed by atoms with Crippen molar-refractivity contribution in [3.8, 4) is 0 Å². The van der Waals surface area contributed by atoms with E-state index in [0.29, 0.717) is 17.6 Å². The Morgan fingerprint density at radius 2 is 1.94 bits per heavy atom. The molecule has 0 heterocycles. The first-order chi connectivity index (χ1) is 8.43. The summed E-state index contributed by atoms with van der Waals surface area (Å²) in [4.78, 5) is 12.3. The minimum atomic E-state index is -0.165. The average molecular weight is 309 g/mol. The zero-order valence-electron chi connectivity index (χ0n) is 11.4. The molecule has 2 atom stereocenters. The van der Waals surface area contributed by atoms with Crippen molar-refractivity contribution in [3.63, 3.8) is 0 Å². The van der Waals surface area contributed by atoms with E-state index < -0.39 is 0 Å². The average Bonchev–Trinajstić information content (AvgIpc) is 2.59. The fraction of sp³-hybridized carbons (Fsp3) is 0.562. The second-order valence-electron chi connectivity index (χ2n) is 6.03. The van der Waals surface area contributed by atoms with Crippen molar-refractivity contribution in [2.24, 2.45) is 17.3 Å². The minimum Gasteiger partial charge on any atom is -0.299 e. The molecule has 0 N–H and O–H groups in total. The van der Waals surface area contributed by atoms with Gasteiger partial charge >= 0.3 is 0 Å². The van der Waals surface area contributed by atoms with Gasteiger partial charge in [-0.2, -0.15) is 0 Å². The highest BCUT2D eigenvalue weighted by molar-refractivity contribution is 9.10. The van der Waals surface area contributed by atoms with Crippen LogP contribution in [0.5, 0.6) is 0 Å². The zero-order chi connectivity index (χ0) is 13.3. The largest absolute Gasteiger partial charge is 0.299 e. The third-order valence-electron chi connectivity index (χ3n) is 4.43. The van der Waals surface area contributed by atoms with E-state index in [2.05, 4.69) is 61.0 Å². The van der Waals surface area contributed by atoms with Gasteiger partial charge in [0.15, 0.2) is 0 Å². The van der Waals surface area contributed by atoms with E-state index in [1.54, 1.807) is 0 Å². The molecular formula is C16H21BrO. The van der Waals surface area contributed by atoms with Crippen LogP contribution in [0.2, 0.25) is 0 Å². The number of ketones is 1. The molecule has 2 rings (SSSR count). The van der Waals surface area contributed by atoms with Crippen molar-refractivity contribution in [2.75, 3.05) is 0 Å². The van der Waals surface area contributed by atoms with Gasteiger partial charge in [0, 0.05) is 16.3 Å². The third kappa shape index (κ3) is 2.54. The Kier molecular flexibility index (Phi) is 3.96. The molecule has 1 nitrogen and oxygen atoms in total. The zero-order valence-corrected chi connectivity index (χ0v) is 13.0. The van der Waals surface area contributed by atoms with Crippen LogP contribution in [0.3, 0.4) is 0 Å². The van der Waals surface area contributed by atoms with Crippen LogP contribution in [0.1, 0.15) is 39.2 Å². The summed E-state index contributed by atoms with van der Waals surface area (Å²) in [7, 11) is 0. The maximum Gasteiger partial charge on any atom is 0.139 e. The summed E-state index contributed by atoms with van der Waals surface area (Å²) in [5.41, 5.74) is 1.10. The van der Waals surface area contributed by atoms with Crippen molar-refractivity contribution in [3.05, 3.63) is 34.3 Å². The summed E-state index contributed by atoms with van der Waals surface area (Å²) in [5, 5.41) is 0. The predicted octanol–water partition coefficient (Wildman–Crippen LogP) is 4.63. The Bertz CT molecular complexity index is 435. The van der Waals surface area contributed by atoms with Crippen molar-refractivity contribution >= 4 is 21.7 Å². The van der Waals surface area contributed by atoms with Crippen LogP contribution in [0.4, 0.5) is 0 Å². The van der Waals surface area contributed by atoms with Crippen LogP contribution in [-0.4, -0.2) is 5.78 Å². The number of benzene rings is 1. The summed E-state index contributed by atoms with van der Waals surface area (Å²) < 4.78 is 1.09. The number of halogens is 1. The standard InChI is InChI=1S/C16H21BrO/c1-11(2)14-8-9-15(18)16(14,3)10-12-4-6-13(17)7-5-12/h4-7,11,14H,8-10H2,1-3H3/t14-,16-/m0/s1. The monoisotopic (exact) mass is 308 g/mol. The highest BCUT2D eigenvalue weighted by atomic mass is 79.9. The number of rotatable bonds is 3. The second kappa shape index (κ2) is 5.16. The highest BCUT2D eigenvalue weighted by Crippen LogP contribution is 2.46. The molecule has 0 aliphatic heterocycles. The van der Waals surface area contributed by atoms with Crippen molar-refractivity contribution in [1.82, 2.24) is 0 Å². The lowest BCUT2D eigenvalue weighted by molar-refractivity contribution is -0.126. The van der Waals surface area contributed by atoms with Gasteiger partial charge in [-0.3, -0.25) is 4.79 Å². The molecule has 0 aromatic heterocycles. The SMILES string of the molecule is CC(C)[C@@H]1CCC(=O)[C@@]1(C)Cc1ccc(Br)cc1. The lowest BCUT2D eigenvalue weighted by Gasteiger charge is -2.33. The lowest BCUT2D eigenvalue weighted by Crippen LogP contribution is -2.34. The van der Waals surface area contributed by atoms with Gasteiger partial charge in [-0.25, -0.2) is 0 Å². The highest BCUT2D eigenvalue weighted by Gasteiger charge is 2.46. The lowest BCUT2D eigenvalue weighted by atomic mass is 9.70. The molecule has 98 valence electrons. The number of hydrogen-bond acceptors (Lipinski definition) is 1. The molecule has 0 saturated heterocycles. The molecule has 2 heteroatoms. The van der Waals surface area contributed by atoms with Gasteiger partial charge < -0.3 is 0 Å². The van der Waals surface area contributed by atoms with E-state index in [1.807, 2.05) is 0 Å². The van der Waals surface area contributed by atoms with E-state index in [9.17, 15) is 4.79 Å². The molecule has 1 saturated carbocycles. The first-order valence-electron chi connectivity index (χ1n) is 6.71. The van der Waals surface area contributed by atoms with Crippen LogP contribution in [0, 0.1) is 17.3 Å². The summed E-state index contributed by atoms with van der Waals surface area (Å²) in [6, 6.07) is 8.36. The quantitative estimate of drug-likeness (QED) is 0.795. The van der Waals surface area contributed by atoms with Crippen molar-refractivity contribution in [2.45, 2.75) is 40.0 Å². The summed E-state index contributed by atoms with van der Waals surface area (Å²) >= 11 is 3.45. The normalized spacial score (nSPS) is 28.1. The topological polar surface area (TPSA) is 17.1 Å². The van der Waals surface area contributed by atoms with E-state index in [1.165, 1.54) is 5.56 Å². The first-order valence-corrected chi connectivity index (χ1v) is 7.50. The first kappa shape index (κ1) is 13.8. The molecule has 0 bridgehead atoms. The minimum absolute atomic E-state index is 0.165. The molecule has 1 aliphatic carbocycles. The van der Waals surface area contributed by atoms with Crippen molar-refractivity contribution < 1.29 is 4.79 Å². The number of carbonyl (C=O) groups excluding carboxylic acids is 1. The Labute approximate surface area is 118 Å². The van der Waals surface area contributed by atoms with Crippen LogP contribution in [0.25, 0.3) is 0 Å². The molecule has 0 amide bonds. The van der Waals surface area contributed by atoms with Crippen LogP contribution >= 0.6 is 15.9 Å². The van der Waals surface area contributed by atoms with Crippen molar-refractivity contribution in [1.29, 1.82) is 0 Å². The fourth-order valence-corrected chi connectivity index (χ4v) is 3.69. The summed E-state index contributed by atoms with van der Waals surface area (Å²) in [5.74, 6) is 1.55. The van der Waals surface area contributed by atoms with Crippen LogP contribution in [-0.2, 0) is 11.2 Å². The summed E-state index contributed by atoms with van der Waals surface area (Å²) in [6.07, 6.45) is 2.70. The van der Waals surface area contributed by atoms with Crippen LogP contribution in [0.15, 0.2) is 28.7 Å². The third-order valence-corrected chi connectivity index (χ3v) is 4.96. The molecular weight excluding hydrogens is 288 g/mol. The number of carbonyl (C=O) groups is 1. The van der Waals surface area contributed by atoms with Gasteiger partial charge in [0.2, 0.25) is 0 Å². The van der Waals surface area contributed by atoms with Gasteiger partial charge in [0.25, 0.3) is 0 Å². The van der Waals surface area contributed by atoms with E-state index in [4.69, 9.17) is 0 Å². The number of Topliss-reactive ketones (excluding diaryl/α,β-unsaturated/α-hetero) is 1. The van der Waals surface area contributed by atoms with Gasteiger partial charge in [0.05, 0.1) is 0 Å². The maximum atomic E-state index is 12.3. The molecule has 0 spiro atoms. The van der Waals surface area contributed by atoms with Gasteiger partial charge in [0.1, 0.15) is 5.78 Å². The smallest absolute Gasteiger partial charge is 0.139 e. The van der Waals surface area contributed by atoms with E-state index in [0.717, 1.165) is 23.7 Å². The van der Waals surface area contributed by atoms with E-state index in [-0.39, 0.29) is 5.41 Å². The molecule has 18 heavy (non-hydrogen) atoms. The Hall–Kier alpha value is -0.630. The number of hydrogen-bond donors (Lipinski definition) is 0. The molecule has 0 unspecified atom stereocenters. The fourth-order valence-electron chi connectivity index (χ4n) is 3.42.